The van der Waals surface area contributed by atoms with Crippen molar-refractivity contribution in [3.63, 3.8) is 0 Å². The fourth-order valence-electron chi connectivity index (χ4n) is 1.74. The summed E-state index contributed by atoms with van der Waals surface area (Å²) in [5, 5.41) is 11.5. The molecule has 1 amide bonds. The highest BCUT2D eigenvalue weighted by Crippen LogP contribution is 2.13. The van der Waals surface area contributed by atoms with Crippen molar-refractivity contribution in [2.45, 2.75) is 24.3 Å². The summed E-state index contributed by atoms with van der Waals surface area (Å²) >= 11 is 0. The number of methoxy groups -OCH3 is 1. The molecule has 0 fully saturated rings. The van der Waals surface area contributed by atoms with Crippen molar-refractivity contribution >= 4 is 21.7 Å². The summed E-state index contributed by atoms with van der Waals surface area (Å²) < 4.78 is 28.2. The molecule has 1 atom stereocenters. The van der Waals surface area contributed by atoms with Crippen LogP contribution < -0.4 is 5.32 Å². The zero-order chi connectivity index (χ0) is 17.0. The maximum Gasteiger partial charge on any atom is 0.331 e. The molecule has 0 spiro atoms. The van der Waals surface area contributed by atoms with Crippen LogP contribution in [0, 0.1) is 0 Å². The van der Waals surface area contributed by atoms with Gasteiger partial charge in [0.1, 0.15) is 0 Å². The third-order valence-corrected chi connectivity index (χ3v) is 4.90. The predicted molar refractivity (Wildman–Crippen MR) is 79.6 cm³/mol. The number of ether oxygens (including phenoxy) is 1. The van der Waals surface area contributed by atoms with Crippen LogP contribution in [0.5, 0.6) is 0 Å². The Morgan fingerprint density at radius 2 is 1.82 bits per heavy atom. The number of benzene rings is 1. The van der Waals surface area contributed by atoms with E-state index in [2.05, 4.69) is 5.32 Å². The summed E-state index contributed by atoms with van der Waals surface area (Å²) in [5.41, 5.74) is -1.40. The Balaban J connectivity index is 2.97. The number of carbonyl (C=O) groups excluding carboxylic acids is 1. The molecule has 0 heterocycles. The van der Waals surface area contributed by atoms with E-state index in [0.29, 0.717) is 0 Å². The predicted octanol–water partition coefficient (Wildman–Crippen LogP) is 0.700. The first kappa shape index (κ1) is 18.1. The lowest BCUT2D eigenvalue weighted by Gasteiger charge is -2.25. The van der Waals surface area contributed by atoms with Crippen LogP contribution in [0.25, 0.3) is 0 Å². The van der Waals surface area contributed by atoms with Crippen LogP contribution in [0.2, 0.25) is 0 Å². The van der Waals surface area contributed by atoms with E-state index in [4.69, 9.17) is 9.84 Å². The Bertz CT molecular complexity index is 652. The summed E-state index contributed by atoms with van der Waals surface area (Å²) in [7, 11) is -2.01. The molecule has 22 heavy (non-hydrogen) atoms. The van der Waals surface area contributed by atoms with Gasteiger partial charge in [0.25, 0.3) is 5.91 Å². The minimum Gasteiger partial charge on any atom is -0.479 e. The lowest BCUT2D eigenvalue weighted by Crippen LogP contribution is -2.55. The topological polar surface area (TPSA) is 110 Å². The minimum atomic E-state index is -3.34. The second-order valence-electron chi connectivity index (χ2n) is 4.95. The molecule has 122 valence electrons. The number of hydrogen-bond acceptors (Lipinski definition) is 5. The van der Waals surface area contributed by atoms with E-state index in [9.17, 15) is 18.0 Å². The first-order valence-corrected chi connectivity index (χ1v) is 8.19. The van der Waals surface area contributed by atoms with Crippen molar-refractivity contribution in [1.82, 2.24) is 5.32 Å². The van der Waals surface area contributed by atoms with Gasteiger partial charge in [0, 0.05) is 12.7 Å². The molecule has 7 nitrogen and oxygen atoms in total. The highest BCUT2D eigenvalue weighted by molar-refractivity contribution is 7.91. The lowest BCUT2D eigenvalue weighted by molar-refractivity contribution is -0.145. The van der Waals surface area contributed by atoms with E-state index in [0.717, 1.165) is 0 Å². The van der Waals surface area contributed by atoms with Gasteiger partial charge in [-0.25, -0.2) is 13.2 Å². The van der Waals surface area contributed by atoms with Crippen LogP contribution >= 0.6 is 0 Å². The van der Waals surface area contributed by atoms with Crippen molar-refractivity contribution in [3.8, 4) is 0 Å². The smallest absolute Gasteiger partial charge is 0.331 e. The third kappa shape index (κ3) is 4.05. The molecule has 0 aliphatic heterocycles. The van der Waals surface area contributed by atoms with Gasteiger partial charge >= 0.3 is 5.97 Å². The summed E-state index contributed by atoms with van der Waals surface area (Å²) in [6.07, 6.45) is 0. The lowest BCUT2D eigenvalue weighted by atomic mass is 10.0. The van der Waals surface area contributed by atoms with Crippen molar-refractivity contribution < 1.29 is 27.9 Å². The molecule has 1 aromatic rings. The zero-order valence-electron chi connectivity index (χ0n) is 12.6. The summed E-state index contributed by atoms with van der Waals surface area (Å²) in [4.78, 5) is 23.4. The molecule has 0 saturated carbocycles. The average molecular weight is 329 g/mol. The van der Waals surface area contributed by atoms with Crippen LogP contribution in [0.1, 0.15) is 24.2 Å². The van der Waals surface area contributed by atoms with E-state index >= 15 is 0 Å². The van der Waals surface area contributed by atoms with E-state index in [1.165, 1.54) is 45.2 Å². The molecule has 0 aromatic heterocycles. The number of amides is 1. The third-order valence-electron chi connectivity index (χ3n) is 3.15. The van der Waals surface area contributed by atoms with E-state index in [1.54, 1.807) is 0 Å². The number of carboxylic acid groups (broad SMARTS) is 1. The van der Waals surface area contributed by atoms with E-state index < -0.39 is 27.3 Å². The average Bonchev–Trinajstić information content (AvgIpc) is 2.47. The van der Waals surface area contributed by atoms with E-state index in [1.807, 2.05) is 0 Å². The van der Waals surface area contributed by atoms with Gasteiger partial charge in [-0.3, -0.25) is 4.79 Å². The number of aliphatic carboxylic acids is 1. The van der Waals surface area contributed by atoms with Gasteiger partial charge in [-0.05, 0) is 31.2 Å². The molecular formula is C14H19NO6S. The maximum atomic E-state index is 12.1. The number of rotatable bonds is 7. The first-order chi connectivity index (χ1) is 10.2. The minimum absolute atomic E-state index is 0.0382. The quantitative estimate of drug-likeness (QED) is 0.762. The van der Waals surface area contributed by atoms with Crippen molar-refractivity contribution in [2.75, 3.05) is 19.5 Å². The number of carboxylic acids is 1. The van der Waals surface area contributed by atoms with Crippen LogP contribution in [0.15, 0.2) is 29.2 Å². The Morgan fingerprint density at radius 3 is 2.23 bits per heavy atom. The normalized spacial score (nSPS) is 14.1. The van der Waals surface area contributed by atoms with Crippen molar-refractivity contribution in [3.05, 3.63) is 29.8 Å². The number of nitrogens with one attached hydrogen (secondary N) is 1. The van der Waals surface area contributed by atoms with Crippen LogP contribution in [0.3, 0.4) is 0 Å². The molecule has 2 N–H and O–H groups in total. The molecule has 8 heteroatoms. The molecule has 1 unspecified atom stereocenters. The largest absolute Gasteiger partial charge is 0.479 e. The summed E-state index contributed by atoms with van der Waals surface area (Å²) in [5.74, 6) is -1.89. The molecule has 1 rings (SSSR count). The van der Waals surface area contributed by atoms with Gasteiger partial charge in [-0.2, -0.15) is 0 Å². The molecule has 0 bridgehead atoms. The molecule has 0 saturated heterocycles. The standard InChI is InChI=1S/C14H19NO6S/c1-4-22(19,20)11-7-5-10(6-8-11)12(16)15-14(2,9-21-3)13(17)18/h5-8H,4,9H2,1-3H3,(H,15,16)(H,17,18). The fraction of sp³-hybridized carbons (Fsp3) is 0.429. The second-order valence-corrected chi connectivity index (χ2v) is 7.23. The Hall–Kier alpha value is -1.93. The molecule has 0 radical (unpaired) electrons. The number of carbonyl (C=O) groups is 2. The van der Waals surface area contributed by atoms with Crippen LogP contribution in [-0.4, -0.2) is 50.4 Å². The van der Waals surface area contributed by atoms with Crippen LogP contribution in [-0.2, 0) is 19.4 Å². The number of hydrogen-bond donors (Lipinski definition) is 2. The summed E-state index contributed by atoms with van der Waals surface area (Å²) in [6, 6.07) is 5.32. The van der Waals surface area contributed by atoms with Crippen molar-refractivity contribution in [1.29, 1.82) is 0 Å². The second kappa shape index (κ2) is 6.89. The highest BCUT2D eigenvalue weighted by Gasteiger charge is 2.35. The van der Waals surface area contributed by atoms with Crippen molar-refractivity contribution in [2.24, 2.45) is 0 Å². The Labute approximate surface area is 129 Å². The molecule has 0 aliphatic carbocycles. The van der Waals surface area contributed by atoms with Crippen LogP contribution in [0.4, 0.5) is 0 Å². The Morgan fingerprint density at radius 1 is 1.27 bits per heavy atom. The van der Waals surface area contributed by atoms with E-state index in [-0.39, 0.29) is 22.8 Å². The molecular weight excluding hydrogens is 310 g/mol. The summed E-state index contributed by atoms with van der Waals surface area (Å²) in [6.45, 7) is 2.65. The zero-order valence-corrected chi connectivity index (χ0v) is 13.4. The monoisotopic (exact) mass is 329 g/mol. The fourth-order valence-corrected chi connectivity index (χ4v) is 2.63. The van der Waals surface area contributed by atoms with Gasteiger partial charge in [0.05, 0.1) is 17.3 Å². The molecule has 1 aromatic carbocycles. The van der Waals surface area contributed by atoms with Gasteiger partial charge in [0.15, 0.2) is 15.4 Å². The highest BCUT2D eigenvalue weighted by atomic mass is 32.2. The van der Waals surface area contributed by atoms with Gasteiger partial charge in [-0.1, -0.05) is 6.92 Å². The first-order valence-electron chi connectivity index (χ1n) is 6.54. The van der Waals surface area contributed by atoms with Gasteiger partial charge < -0.3 is 15.2 Å². The maximum absolute atomic E-state index is 12.1. The SMILES string of the molecule is CCS(=O)(=O)c1ccc(C(=O)NC(C)(COC)C(=O)O)cc1. The molecule has 0 aliphatic rings. The van der Waals surface area contributed by atoms with Gasteiger partial charge in [0.2, 0.25) is 0 Å². The number of sulfone groups is 1. The Kier molecular flexibility index (Phi) is 5.67. The van der Waals surface area contributed by atoms with Gasteiger partial charge in [-0.15, -0.1) is 0 Å².